The highest BCUT2D eigenvalue weighted by molar-refractivity contribution is 7.16. The van der Waals surface area contributed by atoms with E-state index in [4.69, 9.17) is 4.74 Å². The fourth-order valence-corrected chi connectivity index (χ4v) is 4.34. The van der Waals surface area contributed by atoms with Crippen molar-refractivity contribution < 1.29 is 9.53 Å². The summed E-state index contributed by atoms with van der Waals surface area (Å²) in [6, 6.07) is 8.47. The van der Waals surface area contributed by atoms with E-state index in [1.54, 1.807) is 13.3 Å². The van der Waals surface area contributed by atoms with Crippen LogP contribution >= 0.6 is 11.3 Å². The molecule has 1 aliphatic heterocycles. The summed E-state index contributed by atoms with van der Waals surface area (Å²) in [4.78, 5) is 17.7. The SMILES string of the molecule is COc1ccc(-c2cnc(C(=O)NC3CC4CNC3C4)s2)cc1. The zero-order chi connectivity index (χ0) is 15.8. The van der Waals surface area contributed by atoms with Crippen LogP contribution in [0.15, 0.2) is 30.5 Å². The minimum absolute atomic E-state index is 0.0610. The number of nitrogens with one attached hydrogen (secondary N) is 2. The summed E-state index contributed by atoms with van der Waals surface area (Å²) in [5.41, 5.74) is 1.05. The van der Waals surface area contributed by atoms with Crippen LogP contribution in [-0.4, -0.2) is 36.6 Å². The Hall–Kier alpha value is -1.92. The molecule has 3 atom stereocenters. The Morgan fingerprint density at radius 2 is 2.17 bits per heavy atom. The molecule has 4 rings (SSSR count). The van der Waals surface area contributed by atoms with Gasteiger partial charge in [0.2, 0.25) is 0 Å². The number of fused-ring (bicyclic) bond motifs is 2. The average molecular weight is 329 g/mol. The van der Waals surface area contributed by atoms with Crippen molar-refractivity contribution in [3.63, 3.8) is 0 Å². The van der Waals surface area contributed by atoms with Gasteiger partial charge in [0.1, 0.15) is 5.75 Å². The lowest BCUT2D eigenvalue weighted by molar-refractivity contribution is 0.0928. The van der Waals surface area contributed by atoms with Crippen LogP contribution in [0, 0.1) is 5.92 Å². The number of nitrogens with zero attached hydrogens (tertiary/aromatic N) is 1. The Morgan fingerprint density at radius 3 is 2.83 bits per heavy atom. The fraction of sp³-hybridized carbons (Fsp3) is 0.412. The molecule has 23 heavy (non-hydrogen) atoms. The highest BCUT2D eigenvalue weighted by Crippen LogP contribution is 2.32. The lowest BCUT2D eigenvalue weighted by atomic mass is 10.1. The number of carbonyl (C=O) groups is 1. The molecule has 1 saturated heterocycles. The maximum Gasteiger partial charge on any atom is 0.280 e. The van der Waals surface area contributed by atoms with Crippen molar-refractivity contribution >= 4 is 17.2 Å². The van der Waals surface area contributed by atoms with Gasteiger partial charge in [0.25, 0.3) is 5.91 Å². The molecule has 2 N–H and O–H groups in total. The number of ether oxygens (including phenoxy) is 1. The number of hydrogen-bond donors (Lipinski definition) is 2. The minimum Gasteiger partial charge on any atom is -0.497 e. The Balaban J connectivity index is 1.45. The first kappa shape index (κ1) is 14.7. The summed E-state index contributed by atoms with van der Waals surface area (Å²) in [6.45, 7) is 1.09. The van der Waals surface area contributed by atoms with Crippen LogP contribution < -0.4 is 15.4 Å². The maximum atomic E-state index is 12.4. The summed E-state index contributed by atoms with van der Waals surface area (Å²) in [5, 5.41) is 7.12. The summed E-state index contributed by atoms with van der Waals surface area (Å²) in [7, 11) is 1.65. The number of thiazole rings is 1. The second kappa shape index (κ2) is 5.94. The van der Waals surface area contributed by atoms with E-state index >= 15 is 0 Å². The molecular weight excluding hydrogens is 310 g/mol. The fourth-order valence-electron chi connectivity index (χ4n) is 3.51. The maximum absolute atomic E-state index is 12.4. The van der Waals surface area contributed by atoms with Gasteiger partial charge in [0.15, 0.2) is 5.01 Å². The third kappa shape index (κ3) is 2.84. The van der Waals surface area contributed by atoms with Gasteiger partial charge in [-0.3, -0.25) is 4.79 Å². The van der Waals surface area contributed by atoms with Crippen LogP contribution in [0.5, 0.6) is 5.75 Å². The second-order valence-corrected chi connectivity index (χ2v) is 7.22. The first-order valence-corrected chi connectivity index (χ1v) is 8.69. The molecule has 2 bridgehead atoms. The van der Waals surface area contributed by atoms with Crippen molar-refractivity contribution in [2.45, 2.75) is 24.9 Å². The van der Waals surface area contributed by atoms with Crippen molar-refractivity contribution in [1.82, 2.24) is 15.6 Å². The number of carbonyl (C=O) groups excluding carboxylic acids is 1. The molecule has 1 saturated carbocycles. The number of rotatable bonds is 4. The van der Waals surface area contributed by atoms with Crippen molar-refractivity contribution in [3.05, 3.63) is 35.5 Å². The Kier molecular flexibility index (Phi) is 3.79. The molecule has 2 aromatic rings. The topological polar surface area (TPSA) is 63.2 Å². The van der Waals surface area contributed by atoms with E-state index in [0.29, 0.717) is 11.0 Å². The molecule has 0 spiro atoms. The van der Waals surface area contributed by atoms with Gasteiger partial charge < -0.3 is 15.4 Å². The van der Waals surface area contributed by atoms with E-state index in [0.717, 1.165) is 35.1 Å². The van der Waals surface area contributed by atoms with Gasteiger partial charge in [-0.2, -0.15) is 0 Å². The zero-order valence-electron chi connectivity index (χ0n) is 12.9. The summed E-state index contributed by atoms with van der Waals surface area (Å²) >= 11 is 1.43. The molecule has 2 fully saturated rings. The van der Waals surface area contributed by atoms with Crippen molar-refractivity contribution in [2.24, 2.45) is 5.92 Å². The third-order valence-electron chi connectivity index (χ3n) is 4.72. The van der Waals surface area contributed by atoms with Gasteiger partial charge in [0, 0.05) is 18.3 Å². The molecule has 3 unspecified atom stereocenters. The zero-order valence-corrected chi connectivity index (χ0v) is 13.7. The second-order valence-electron chi connectivity index (χ2n) is 6.19. The first-order chi connectivity index (χ1) is 11.2. The van der Waals surface area contributed by atoms with E-state index in [1.807, 2.05) is 24.3 Å². The molecule has 1 aromatic heterocycles. The third-order valence-corrected chi connectivity index (χ3v) is 5.77. The van der Waals surface area contributed by atoms with Crippen LogP contribution in [0.1, 0.15) is 22.6 Å². The van der Waals surface area contributed by atoms with Gasteiger partial charge in [0.05, 0.1) is 12.0 Å². The van der Waals surface area contributed by atoms with E-state index < -0.39 is 0 Å². The molecule has 2 heterocycles. The lowest BCUT2D eigenvalue weighted by Gasteiger charge is -2.23. The standard InChI is InChI=1S/C17H19N3O2S/c1-22-12-4-2-11(3-5-12)15-9-19-17(23-15)16(21)20-14-7-10-6-13(14)18-8-10/h2-5,9-10,13-14,18H,6-8H2,1H3,(H,20,21). The normalized spacial score (nSPS) is 25.5. The van der Waals surface area contributed by atoms with Gasteiger partial charge >= 0.3 is 0 Å². The highest BCUT2D eigenvalue weighted by atomic mass is 32.1. The average Bonchev–Trinajstić information content (AvgIpc) is 3.31. The molecule has 5 nitrogen and oxygen atoms in total. The molecule has 1 aliphatic carbocycles. The van der Waals surface area contributed by atoms with Crippen LogP contribution in [-0.2, 0) is 0 Å². The highest BCUT2D eigenvalue weighted by Gasteiger charge is 2.40. The van der Waals surface area contributed by atoms with Crippen LogP contribution in [0.25, 0.3) is 10.4 Å². The predicted molar refractivity (Wildman–Crippen MR) is 89.9 cm³/mol. The van der Waals surface area contributed by atoms with Gasteiger partial charge in [-0.25, -0.2) is 4.98 Å². The van der Waals surface area contributed by atoms with Crippen LogP contribution in [0.4, 0.5) is 0 Å². The van der Waals surface area contributed by atoms with E-state index in [9.17, 15) is 4.79 Å². The van der Waals surface area contributed by atoms with Crippen molar-refractivity contribution in [3.8, 4) is 16.2 Å². The van der Waals surface area contributed by atoms with E-state index in [2.05, 4.69) is 15.6 Å². The first-order valence-electron chi connectivity index (χ1n) is 7.87. The predicted octanol–water partition coefficient (Wildman–Crippen LogP) is 2.30. The van der Waals surface area contributed by atoms with Crippen molar-refractivity contribution in [1.29, 1.82) is 0 Å². The summed E-state index contributed by atoms with van der Waals surface area (Å²) in [5.74, 6) is 1.48. The van der Waals surface area contributed by atoms with Gasteiger partial charge in [-0.05, 0) is 55.1 Å². The van der Waals surface area contributed by atoms with Gasteiger partial charge in [-0.15, -0.1) is 11.3 Å². The van der Waals surface area contributed by atoms with Gasteiger partial charge in [-0.1, -0.05) is 0 Å². The molecular formula is C17H19N3O2S. The summed E-state index contributed by atoms with van der Waals surface area (Å²) < 4.78 is 5.16. The minimum atomic E-state index is -0.0610. The lowest BCUT2D eigenvalue weighted by Crippen LogP contribution is -2.47. The Morgan fingerprint density at radius 1 is 1.35 bits per heavy atom. The molecule has 0 radical (unpaired) electrons. The number of hydrogen-bond acceptors (Lipinski definition) is 5. The summed E-state index contributed by atoms with van der Waals surface area (Å²) in [6.07, 6.45) is 4.03. The molecule has 2 aliphatic rings. The molecule has 6 heteroatoms. The quantitative estimate of drug-likeness (QED) is 0.903. The van der Waals surface area contributed by atoms with E-state index in [1.165, 1.54) is 17.8 Å². The molecule has 1 aromatic carbocycles. The Labute approximate surface area is 139 Å². The number of benzene rings is 1. The molecule has 1 amide bonds. The van der Waals surface area contributed by atoms with Crippen LogP contribution in [0.3, 0.4) is 0 Å². The van der Waals surface area contributed by atoms with Crippen LogP contribution in [0.2, 0.25) is 0 Å². The number of aromatic nitrogens is 1. The molecule has 120 valence electrons. The Bertz CT molecular complexity index is 713. The smallest absolute Gasteiger partial charge is 0.280 e. The van der Waals surface area contributed by atoms with E-state index in [-0.39, 0.29) is 11.9 Å². The largest absolute Gasteiger partial charge is 0.497 e. The number of methoxy groups -OCH3 is 1. The monoisotopic (exact) mass is 329 g/mol. The number of amides is 1. The number of piperidine rings is 1. The van der Waals surface area contributed by atoms with Crippen molar-refractivity contribution in [2.75, 3.05) is 13.7 Å².